The van der Waals surface area contributed by atoms with Crippen LogP contribution < -0.4 is 0 Å². The summed E-state index contributed by atoms with van der Waals surface area (Å²) in [7, 11) is 0. The molecule has 1 atom stereocenters. The van der Waals surface area contributed by atoms with Gasteiger partial charge in [0.25, 0.3) is 0 Å². The quantitative estimate of drug-likeness (QED) is 0.425. The monoisotopic (exact) mass is 352 g/mol. The molecule has 0 aliphatic heterocycles. The van der Waals surface area contributed by atoms with E-state index in [4.69, 9.17) is 4.74 Å². The third-order valence-corrected chi connectivity index (χ3v) is 4.56. The maximum atomic E-state index is 13.4. The van der Waals surface area contributed by atoms with Gasteiger partial charge in [0.05, 0.1) is 6.61 Å². The van der Waals surface area contributed by atoms with Crippen molar-refractivity contribution in [1.29, 1.82) is 0 Å². The predicted octanol–water partition coefficient (Wildman–Crippen LogP) is 5.13. The molecule has 0 N–H and O–H groups in total. The van der Waals surface area contributed by atoms with Gasteiger partial charge in [0.1, 0.15) is 5.92 Å². The van der Waals surface area contributed by atoms with Crippen LogP contribution in [0, 0.1) is 13.8 Å². The number of carbonyl (C=O) groups is 2. The van der Waals surface area contributed by atoms with Gasteiger partial charge in [-0.1, -0.05) is 63.2 Å². The summed E-state index contributed by atoms with van der Waals surface area (Å²) in [6.45, 7) is 12.3. The smallest absolute Gasteiger partial charge is 0.321 e. The van der Waals surface area contributed by atoms with E-state index in [9.17, 15) is 9.59 Å². The molecular formula is C23H28O3. The number of aryl methyl sites for hydroxylation is 2. The zero-order valence-electron chi connectivity index (χ0n) is 16.6. The average molecular weight is 352 g/mol. The molecule has 3 heteroatoms. The van der Waals surface area contributed by atoms with Gasteiger partial charge in [-0.25, -0.2) is 0 Å². The number of rotatable bonds is 5. The Morgan fingerprint density at radius 1 is 1.00 bits per heavy atom. The molecule has 2 aromatic rings. The fourth-order valence-electron chi connectivity index (χ4n) is 3.20. The van der Waals surface area contributed by atoms with Crippen LogP contribution in [0.15, 0.2) is 42.5 Å². The van der Waals surface area contributed by atoms with E-state index >= 15 is 0 Å². The molecule has 2 aromatic carbocycles. The molecule has 0 radical (unpaired) electrons. The van der Waals surface area contributed by atoms with E-state index in [0.29, 0.717) is 11.1 Å². The molecule has 0 fully saturated rings. The number of ether oxygens (including phenoxy) is 1. The Labute approximate surface area is 156 Å². The first-order chi connectivity index (χ1) is 12.2. The van der Waals surface area contributed by atoms with Crippen molar-refractivity contribution >= 4 is 11.8 Å². The molecule has 1 unspecified atom stereocenters. The number of esters is 1. The zero-order valence-corrected chi connectivity index (χ0v) is 16.6. The van der Waals surface area contributed by atoms with Gasteiger partial charge in [-0.3, -0.25) is 9.59 Å². The molecule has 0 saturated carbocycles. The molecule has 0 bridgehead atoms. The number of hydrogen-bond donors (Lipinski definition) is 0. The van der Waals surface area contributed by atoms with Gasteiger partial charge < -0.3 is 4.74 Å². The van der Waals surface area contributed by atoms with Crippen molar-refractivity contribution in [3.05, 3.63) is 70.3 Å². The van der Waals surface area contributed by atoms with E-state index in [2.05, 4.69) is 20.8 Å². The van der Waals surface area contributed by atoms with Gasteiger partial charge in [-0.05, 0) is 48.4 Å². The van der Waals surface area contributed by atoms with E-state index in [-0.39, 0.29) is 17.8 Å². The van der Waals surface area contributed by atoms with Gasteiger partial charge in [0, 0.05) is 5.56 Å². The number of hydrogen-bond acceptors (Lipinski definition) is 3. The lowest BCUT2D eigenvalue weighted by atomic mass is 9.81. The lowest BCUT2D eigenvalue weighted by molar-refractivity contribution is -0.143. The third-order valence-electron chi connectivity index (χ3n) is 4.56. The van der Waals surface area contributed by atoms with Crippen LogP contribution in [0.2, 0.25) is 0 Å². The topological polar surface area (TPSA) is 43.4 Å². The summed E-state index contributed by atoms with van der Waals surface area (Å²) in [6.07, 6.45) is 0. The van der Waals surface area contributed by atoms with E-state index in [0.717, 1.165) is 11.1 Å². The fourth-order valence-corrected chi connectivity index (χ4v) is 3.20. The molecular weight excluding hydrogens is 324 g/mol. The van der Waals surface area contributed by atoms with E-state index in [1.165, 1.54) is 5.56 Å². The van der Waals surface area contributed by atoms with Crippen molar-refractivity contribution in [3.8, 4) is 0 Å². The van der Waals surface area contributed by atoms with E-state index < -0.39 is 11.9 Å². The van der Waals surface area contributed by atoms with E-state index in [1.807, 2.05) is 44.2 Å². The molecule has 0 aliphatic rings. The summed E-state index contributed by atoms with van der Waals surface area (Å²) in [5.74, 6) is -1.64. The highest BCUT2D eigenvalue weighted by Crippen LogP contribution is 2.30. The summed E-state index contributed by atoms with van der Waals surface area (Å²) < 4.78 is 5.20. The minimum absolute atomic E-state index is 0.00291. The summed E-state index contributed by atoms with van der Waals surface area (Å²) in [5.41, 5.74) is 4.23. The summed E-state index contributed by atoms with van der Waals surface area (Å²) in [4.78, 5) is 25.9. The normalized spacial score (nSPS) is 12.5. The number of ketones is 1. The van der Waals surface area contributed by atoms with Gasteiger partial charge in [-0.2, -0.15) is 0 Å². The second-order valence-corrected chi connectivity index (χ2v) is 7.70. The van der Waals surface area contributed by atoms with Crippen LogP contribution in [0.25, 0.3) is 0 Å². The highest BCUT2D eigenvalue weighted by atomic mass is 16.5. The summed E-state index contributed by atoms with van der Waals surface area (Å²) in [5, 5.41) is 0. The molecule has 0 heterocycles. The third kappa shape index (κ3) is 4.21. The first kappa shape index (κ1) is 19.9. The lowest BCUT2D eigenvalue weighted by Crippen LogP contribution is -2.26. The van der Waals surface area contributed by atoms with Crippen LogP contribution in [0.5, 0.6) is 0 Å². The largest absolute Gasteiger partial charge is 0.465 e. The molecule has 0 spiro atoms. The summed E-state index contributed by atoms with van der Waals surface area (Å²) >= 11 is 0. The van der Waals surface area contributed by atoms with Gasteiger partial charge in [0.2, 0.25) is 0 Å². The maximum Gasteiger partial charge on any atom is 0.321 e. The van der Waals surface area contributed by atoms with Crippen molar-refractivity contribution in [2.75, 3.05) is 6.61 Å². The minimum atomic E-state index is -0.936. The lowest BCUT2D eigenvalue weighted by Gasteiger charge is -2.23. The average Bonchev–Trinajstić information content (AvgIpc) is 2.54. The van der Waals surface area contributed by atoms with Crippen LogP contribution in [0.3, 0.4) is 0 Å². The molecule has 3 nitrogen and oxygen atoms in total. The highest BCUT2D eigenvalue weighted by Gasteiger charge is 2.32. The molecule has 0 aromatic heterocycles. The molecule has 138 valence electrons. The first-order valence-corrected chi connectivity index (χ1v) is 9.04. The Kier molecular flexibility index (Phi) is 6.01. The number of Topliss-reactive ketones (excluding diaryl/α,β-unsaturated/α-hetero) is 1. The van der Waals surface area contributed by atoms with Crippen molar-refractivity contribution < 1.29 is 14.3 Å². The van der Waals surface area contributed by atoms with Gasteiger partial charge in [-0.15, -0.1) is 0 Å². The van der Waals surface area contributed by atoms with Crippen molar-refractivity contribution in [3.63, 3.8) is 0 Å². The van der Waals surface area contributed by atoms with Crippen LogP contribution >= 0.6 is 0 Å². The van der Waals surface area contributed by atoms with Crippen molar-refractivity contribution in [2.24, 2.45) is 0 Å². The molecule has 0 aliphatic carbocycles. The zero-order chi connectivity index (χ0) is 19.5. The number of carbonyl (C=O) groups excluding carboxylic acids is 2. The first-order valence-electron chi connectivity index (χ1n) is 9.04. The maximum absolute atomic E-state index is 13.4. The van der Waals surface area contributed by atoms with Gasteiger partial charge >= 0.3 is 5.97 Å². The molecule has 0 amide bonds. The minimum Gasteiger partial charge on any atom is -0.465 e. The standard InChI is InChI=1S/C23H28O3/c1-7-26-22(25)20(17-11-9-8-10-12-17)21(24)19-15(2)13-18(14-16(19)3)23(4,5)6/h8-14,20H,7H2,1-6H3. The van der Waals surface area contributed by atoms with Crippen molar-refractivity contribution in [2.45, 2.75) is 52.9 Å². The van der Waals surface area contributed by atoms with Crippen molar-refractivity contribution in [1.82, 2.24) is 0 Å². The Morgan fingerprint density at radius 3 is 2.00 bits per heavy atom. The van der Waals surface area contributed by atoms with Crippen LogP contribution in [0.1, 0.15) is 66.2 Å². The predicted molar refractivity (Wildman–Crippen MR) is 105 cm³/mol. The summed E-state index contributed by atoms with van der Waals surface area (Å²) in [6, 6.07) is 13.2. The van der Waals surface area contributed by atoms with Crippen LogP contribution in [0.4, 0.5) is 0 Å². The van der Waals surface area contributed by atoms with Crippen LogP contribution in [-0.4, -0.2) is 18.4 Å². The fraction of sp³-hybridized carbons (Fsp3) is 0.391. The Bertz CT molecular complexity index is 775. The molecule has 26 heavy (non-hydrogen) atoms. The Morgan fingerprint density at radius 2 is 1.54 bits per heavy atom. The highest BCUT2D eigenvalue weighted by molar-refractivity contribution is 6.14. The van der Waals surface area contributed by atoms with E-state index in [1.54, 1.807) is 19.1 Å². The van der Waals surface area contributed by atoms with Gasteiger partial charge in [0.15, 0.2) is 5.78 Å². The number of benzene rings is 2. The Balaban J connectivity index is 2.54. The van der Waals surface area contributed by atoms with Crippen LogP contribution in [-0.2, 0) is 14.9 Å². The second kappa shape index (κ2) is 7.86. The Hall–Kier alpha value is -2.42. The molecule has 0 saturated heterocycles. The second-order valence-electron chi connectivity index (χ2n) is 7.70. The SMILES string of the molecule is CCOC(=O)C(C(=O)c1c(C)cc(C(C)(C)C)cc1C)c1ccccc1. The molecule has 2 rings (SSSR count).